The Morgan fingerprint density at radius 1 is 1.38 bits per heavy atom. The Bertz CT molecular complexity index is 884. The van der Waals surface area contributed by atoms with Gasteiger partial charge in [0.25, 0.3) is 0 Å². The SMILES string of the molecule is Bc1cnn2c(NCc3cccnc3)cc(N3CCC[C@@H]3COC)nc12. The van der Waals surface area contributed by atoms with Gasteiger partial charge in [0.15, 0.2) is 5.65 Å². The zero-order valence-corrected chi connectivity index (χ0v) is 15.2. The van der Waals surface area contributed by atoms with Crippen LogP contribution in [0.1, 0.15) is 18.4 Å². The van der Waals surface area contributed by atoms with Gasteiger partial charge in [-0.05, 0) is 29.9 Å². The predicted molar refractivity (Wildman–Crippen MR) is 105 cm³/mol. The zero-order chi connectivity index (χ0) is 17.9. The fourth-order valence-corrected chi connectivity index (χ4v) is 3.53. The van der Waals surface area contributed by atoms with E-state index in [0.29, 0.717) is 12.6 Å². The summed E-state index contributed by atoms with van der Waals surface area (Å²) in [6.45, 7) is 2.42. The maximum Gasteiger partial charge on any atom is 0.153 e. The summed E-state index contributed by atoms with van der Waals surface area (Å²) in [5, 5.41) is 7.98. The fraction of sp³-hybridized carbons (Fsp3) is 0.389. The molecule has 0 amide bonds. The van der Waals surface area contributed by atoms with Crippen LogP contribution >= 0.6 is 0 Å². The third-order valence-electron chi connectivity index (χ3n) is 4.86. The molecule has 0 saturated carbocycles. The lowest BCUT2D eigenvalue weighted by Gasteiger charge is -2.26. The number of nitrogens with one attached hydrogen (secondary N) is 1. The second-order valence-corrected chi connectivity index (χ2v) is 6.72. The molecule has 0 unspecified atom stereocenters. The van der Waals surface area contributed by atoms with Crippen LogP contribution in [0.15, 0.2) is 36.8 Å². The highest BCUT2D eigenvalue weighted by Crippen LogP contribution is 2.27. The summed E-state index contributed by atoms with van der Waals surface area (Å²) in [6.07, 6.45) is 7.81. The maximum atomic E-state index is 5.40. The van der Waals surface area contributed by atoms with Crippen LogP contribution < -0.4 is 15.7 Å². The van der Waals surface area contributed by atoms with Crippen molar-refractivity contribution >= 4 is 30.6 Å². The lowest BCUT2D eigenvalue weighted by molar-refractivity contribution is 0.180. The number of ether oxygens (including phenoxy) is 1. The smallest absolute Gasteiger partial charge is 0.153 e. The normalized spacial score (nSPS) is 17.1. The van der Waals surface area contributed by atoms with Crippen molar-refractivity contribution in [2.24, 2.45) is 0 Å². The van der Waals surface area contributed by atoms with Crippen molar-refractivity contribution in [2.45, 2.75) is 25.4 Å². The lowest BCUT2D eigenvalue weighted by Crippen LogP contribution is -2.33. The average Bonchev–Trinajstić information content (AvgIpc) is 3.28. The molecule has 7 nitrogen and oxygen atoms in total. The summed E-state index contributed by atoms with van der Waals surface area (Å²) in [6, 6.07) is 6.47. The first kappa shape index (κ1) is 16.8. The molecule has 1 aliphatic heterocycles. The first-order chi connectivity index (χ1) is 12.8. The topological polar surface area (TPSA) is 67.6 Å². The summed E-state index contributed by atoms with van der Waals surface area (Å²) >= 11 is 0. The molecule has 1 fully saturated rings. The minimum absolute atomic E-state index is 0.379. The average molecular weight is 350 g/mol. The summed E-state index contributed by atoms with van der Waals surface area (Å²) in [4.78, 5) is 11.4. The maximum absolute atomic E-state index is 5.40. The minimum atomic E-state index is 0.379. The molecule has 1 atom stereocenters. The fourth-order valence-electron chi connectivity index (χ4n) is 3.53. The largest absolute Gasteiger partial charge is 0.383 e. The molecule has 3 aromatic rings. The zero-order valence-electron chi connectivity index (χ0n) is 15.2. The molecule has 0 aromatic carbocycles. The van der Waals surface area contributed by atoms with E-state index in [0.717, 1.165) is 54.3 Å². The second-order valence-electron chi connectivity index (χ2n) is 6.72. The van der Waals surface area contributed by atoms with E-state index in [9.17, 15) is 0 Å². The number of hydrogen-bond donors (Lipinski definition) is 1. The third-order valence-corrected chi connectivity index (χ3v) is 4.86. The van der Waals surface area contributed by atoms with Gasteiger partial charge in [-0.3, -0.25) is 4.98 Å². The Morgan fingerprint density at radius 2 is 2.31 bits per heavy atom. The van der Waals surface area contributed by atoms with Crippen molar-refractivity contribution in [3.63, 3.8) is 0 Å². The molecule has 1 aliphatic rings. The van der Waals surface area contributed by atoms with Gasteiger partial charge in [0, 0.05) is 44.9 Å². The molecular formula is C18H23BN6O. The third kappa shape index (κ3) is 3.24. The highest BCUT2D eigenvalue weighted by atomic mass is 16.5. The van der Waals surface area contributed by atoms with E-state index in [1.54, 1.807) is 13.3 Å². The van der Waals surface area contributed by atoms with Crippen molar-refractivity contribution in [1.82, 2.24) is 19.6 Å². The summed E-state index contributed by atoms with van der Waals surface area (Å²) in [5.74, 6) is 1.92. The van der Waals surface area contributed by atoms with Crippen molar-refractivity contribution in [1.29, 1.82) is 0 Å². The molecule has 0 radical (unpaired) electrons. The van der Waals surface area contributed by atoms with E-state index in [4.69, 9.17) is 9.72 Å². The molecule has 1 saturated heterocycles. The van der Waals surface area contributed by atoms with Crippen molar-refractivity contribution in [2.75, 3.05) is 30.5 Å². The standard InChI is InChI=1S/C18H23BN6O/c1-26-12-14-5-3-7-24(14)17-8-16(21-10-13-4-2-6-20-9-13)25-18(23-17)15(19)11-22-25/h2,4,6,8-9,11,14,21H,3,5,7,10,12,19H2,1H3/t14-/m1/s1. The summed E-state index contributed by atoms with van der Waals surface area (Å²) in [7, 11) is 3.80. The molecule has 0 aliphatic carbocycles. The lowest BCUT2D eigenvalue weighted by atomic mass is 10.0. The van der Waals surface area contributed by atoms with Crippen molar-refractivity contribution in [3.05, 3.63) is 42.4 Å². The van der Waals surface area contributed by atoms with Gasteiger partial charge in [-0.25, -0.2) is 4.98 Å². The van der Waals surface area contributed by atoms with Crippen LogP contribution in [0.4, 0.5) is 11.6 Å². The molecule has 1 N–H and O–H groups in total. The number of aromatic nitrogens is 4. The van der Waals surface area contributed by atoms with E-state index in [1.165, 1.54) is 0 Å². The number of fused-ring (bicyclic) bond motifs is 1. The van der Waals surface area contributed by atoms with E-state index >= 15 is 0 Å². The number of methoxy groups -OCH3 is 1. The highest BCUT2D eigenvalue weighted by molar-refractivity contribution is 6.36. The molecule has 0 spiro atoms. The molecule has 4 heterocycles. The van der Waals surface area contributed by atoms with Crippen LogP contribution in [-0.2, 0) is 11.3 Å². The van der Waals surface area contributed by atoms with Gasteiger partial charge in [0.05, 0.1) is 12.6 Å². The number of rotatable bonds is 6. The van der Waals surface area contributed by atoms with Gasteiger partial charge in [-0.15, -0.1) is 0 Å². The molecule has 8 heteroatoms. The molecular weight excluding hydrogens is 327 g/mol. The number of nitrogens with zero attached hydrogens (tertiary/aromatic N) is 5. The van der Waals surface area contributed by atoms with Crippen LogP contribution in [0, 0.1) is 0 Å². The molecule has 134 valence electrons. The van der Waals surface area contributed by atoms with Gasteiger partial charge in [0.1, 0.15) is 19.5 Å². The summed E-state index contributed by atoms with van der Waals surface area (Å²) < 4.78 is 7.27. The quantitative estimate of drug-likeness (QED) is 0.657. The highest BCUT2D eigenvalue weighted by Gasteiger charge is 2.26. The molecule has 26 heavy (non-hydrogen) atoms. The van der Waals surface area contributed by atoms with Crippen molar-refractivity contribution in [3.8, 4) is 0 Å². The van der Waals surface area contributed by atoms with E-state index in [1.807, 2.05) is 30.8 Å². The second kappa shape index (κ2) is 7.33. The minimum Gasteiger partial charge on any atom is -0.383 e. The van der Waals surface area contributed by atoms with Gasteiger partial charge in [-0.2, -0.15) is 9.61 Å². The van der Waals surface area contributed by atoms with E-state index in [2.05, 4.69) is 32.4 Å². The van der Waals surface area contributed by atoms with Gasteiger partial charge in [-0.1, -0.05) is 6.07 Å². The van der Waals surface area contributed by atoms with Crippen molar-refractivity contribution < 1.29 is 4.74 Å². The summed E-state index contributed by atoms with van der Waals surface area (Å²) in [5.41, 5.74) is 3.08. The van der Waals surface area contributed by atoms with E-state index in [-0.39, 0.29) is 0 Å². The van der Waals surface area contributed by atoms with Crippen LogP contribution in [0.3, 0.4) is 0 Å². The predicted octanol–water partition coefficient (Wildman–Crippen LogP) is 0.610. The Balaban J connectivity index is 1.67. The van der Waals surface area contributed by atoms with Crippen LogP contribution in [-0.4, -0.2) is 53.7 Å². The first-order valence-corrected chi connectivity index (χ1v) is 9.00. The number of anilines is 2. The Labute approximate surface area is 153 Å². The molecule has 4 rings (SSSR count). The number of hydrogen-bond acceptors (Lipinski definition) is 6. The molecule has 3 aromatic heterocycles. The van der Waals surface area contributed by atoms with Crippen LogP contribution in [0.5, 0.6) is 0 Å². The van der Waals surface area contributed by atoms with Gasteiger partial charge < -0.3 is 15.0 Å². The monoisotopic (exact) mass is 350 g/mol. The van der Waals surface area contributed by atoms with E-state index < -0.39 is 0 Å². The Hall–Kier alpha value is -2.61. The van der Waals surface area contributed by atoms with Gasteiger partial charge >= 0.3 is 0 Å². The Morgan fingerprint density at radius 3 is 3.12 bits per heavy atom. The van der Waals surface area contributed by atoms with Gasteiger partial charge in [0.2, 0.25) is 0 Å². The van der Waals surface area contributed by atoms with Crippen LogP contribution in [0.2, 0.25) is 0 Å². The van der Waals surface area contributed by atoms with Crippen LogP contribution in [0.25, 0.3) is 5.65 Å². The first-order valence-electron chi connectivity index (χ1n) is 9.00. The molecule has 0 bridgehead atoms. The number of pyridine rings is 1. The Kier molecular flexibility index (Phi) is 4.75.